The molecular formula is C17H13N3O4. The van der Waals surface area contributed by atoms with Gasteiger partial charge in [0.05, 0.1) is 21.9 Å². The van der Waals surface area contributed by atoms with Crippen LogP contribution in [0.15, 0.2) is 59.2 Å². The van der Waals surface area contributed by atoms with Gasteiger partial charge in [-0.1, -0.05) is 24.3 Å². The number of phenols is 1. The van der Waals surface area contributed by atoms with Crippen LogP contribution in [0.3, 0.4) is 0 Å². The summed E-state index contributed by atoms with van der Waals surface area (Å²) < 4.78 is 0. The van der Waals surface area contributed by atoms with Crippen molar-refractivity contribution in [1.82, 2.24) is 0 Å². The molecule has 0 atom stereocenters. The van der Waals surface area contributed by atoms with Gasteiger partial charge in [0.25, 0.3) is 5.91 Å². The van der Waals surface area contributed by atoms with Crippen molar-refractivity contribution < 1.29 is 14.8 Å². The normalized spacial score (nSPS) is 15.7. The lowest BCUT2D eigenvalue weighted by molar-refractivity contribution is -0.385. The van der Waals surface area contributed by atoms with E-state index in [0.717, 1.165) is 0 Å². The van der Waals surface area contributed by atoms with Crippen LogP contribution in [0, 0.1) is 10.1 Å². The third kappa shape index (κ3) is 2.74. The largest absolute Gasteiger partial charge is 0.502 e. The summed E-state index contributed by atoms with van der Waals surface area (Å²) in [5.74, 6) is -0.731. The van der Waals surface area contributed by atoms with E-state index in [4.69, 9.17) is 0 Å². The quantitative estimate of drug-likeness (QED) is 0.533. The average Bonchev–Trinajstić information content (AvgIpc) is 2.85. The molecule has 0 saturated carbocycles. The summed E-state index contributed by atoms with van der Waals surface area (Å²) in [6.07, 6.45) is 1.52. The molecule has 2 aromatic rings. The zero-order valence-electron chi connectivity index (χ0n) is 12.7. The zero-order valence-corrected chi connectivity index (χ0v) is 12.7. The number of hydrazone groups is 1. The highest BCUT2D eigenvalue weighted by Gasteiger charge is 2.28. The van der Waals surface area contributed by atoms with E-state index in [2.05, 4.69) is 5.10 Å². The van der Waals surface area contributed by atoms with E-state index in [1.807, 2.05) is 6.07 Å². The lowest BCUT2D eigenvalue weighted by Crippen LogP contribution is -2.21. The molecule has 3 rings (SSSR count). The number of rotatable bonds is 3. The highest BCUT2D eigenvalue weighted by Crippen LogP contribution is 2.29. The number of anilines is 1. The molecule has 1 aliphatic rings. The Morgan fingerprint density at radius 2 is 1.92 bits per heavy atom. The van der Waals surface area contributed by atoms with Crippen molar-refractivity contribution in [3.05, 3.63) is 69.8 Å². The minimum atomic E-state index is -0.676. The highest BCUT2D eigenvalue weighted by atomic mass is 16.6. The van der Waals surface area contributed by atoms with Crippen LogP contribution in [0.1, 0.15) is 12.5 Å². The summed E-state index contributed by atoms with van der Waals surface area (Å²) in [7, 11) is 0. The lowest BCUT2D eigenvalue weighted by Gasteiger charge is -2.11. The molecule has 1 heterocycles. The minimum absolute atomic E-state index is 0.311. The van der Waals surface area contributed by atoms with E-state index >= 15 is 0 Å². The monoisotopic (exact) mass is 323 g/mol. The second kappa shape index (κ2) is 5.96. The number of carbonyl (C=O) groups excluding carboxylic acids is 1. The Bertz CT molecular complexity index is 888. The fourth-order valence-electron chi connectivity index (χ4n) is 2.37. The Labute approximate surface area is 137 Å². The standard InChI is InChI=1S/C17H13N3O4/c1-11-14(9-12-7-8-16(21)15(10-12)20(23)24)17(22)19(18-11)13-5-3-2-4-6-13/h2-10,21H,1H3/b14-9-. The highest BCUT2D eigenvalue weighted by molar-refractivity contribution is 6.32. The topological polar surface area (TPSA) is 96.0 Å². The van der Waals surface area contributed by atoms with E-state index in [0.29, 0.717) is 22.5 Å². The van der Waals surface area contributed by atoms with Gasteiger partial charge in [0.15, 0.2) is 5.75 Å². The molecule has 120 valence electrons. The summed E-state index contributed by atoms with van der Waals surface area (Å²) >= 11 is 0. The Morgan fingerprint density at radius 1 is 1.21 bits per heavy atom. The van der Waals surface area contributed by atoms with Gasteiger partial charge >= 0.3 is 5.69 Å². The SMILES string of the molecule is CC1=NN(c2ccccc2)C(=O)/C1=C\c1ccc(O)c([N+](=O)[O-])c1. The fourth-order valence-corrected chi connectivity index (χ4v) is 2.37. The van der Waals surface area contributed by atoms with Crippen LogP contribution in [0.25, 0.3) is 6.08 Å². The molecule has 0 aliphatic carbocycles. The van der Waals surface area contributed by atoms with Gasteiger partial charge in [0, 0.05) is 6.07 Å². The van der Waals surface area contributed by atoms with Crippen molar-refractivity contribution >= 4 is 29.1 Å². The molecule has 0 aromatic heterocycles. The second-order valence-electron chi connectivity index (χ2n) is 5.20. The van der Waals surface area contributed by atoms with Crippen LogP contribution in [0.2, 0.25) is 0 Å². The number of nitro groups is 1. The Kier molecular flexibility index (Phi) is 3.83. The van der Waals surface area contributed by atoms with Crippen LogP contribution in [-0.2, 0) is 4.79 Å². The maximum atomic E-state index is 12.6. The van der Waals surface area contributed by atoms with E-state index in [1.165, 1.54) is 29.3 Å². The van der Waals surface area contributed by atoms with E-state index in [9.17, 15) is 20.0 Å². The number of aromatic hydroxyl groups is 1. The number of para-hydroxylation sites is 1. The molecule has 0 spiro atoms. The first-order valence-corrected chi connectivity index (χ1v) is 7.11. The number of phenolic OH excluding ortho intramolecular Hbond substituents is 1. The molecule has 24 heavy (non-hydrogen) atoms. The number of hydrogen-bond donors (Lipinski definition) is 1. The van der Waals surface area contributed by atoms with Gasteiger partial charge in [0.1, 0.15) is 0 Å². The average molecular weight is 323 g/mol. The van der Waals surface area contributed by atoms with Crippen molar-refractivity contribution in [2.75, 3.05) is 5.01 Å². The first-order valence-electron chi connectivity index (χ1n) is 7.11. The van der Waals surface area contributed by atoms with Gasteiger partial charge in [-0.15, -0.1) is 0 Å². The van der Waals surface area contributed by atoms with Gasteiger partial charge < -0.3 is 5.11 Å². The van der Waals surface area contributed by atoms with Gasteiger partial charge in [0.2, 0.25) is 0 Å². The summed E-state index contributed by atoms with van der Waals surface area (Å²) in [4.78, 5) is 22.8. The number of carbonyl (C=O) groups is 1. The van der Waals surface area contributed by atoms with E-state index in [1.54, 1.807) is 31.2 Å². The first kappa shape index (κ1) is 15.4. The molecule has 1 aliphatic heterocycles. The maximum absolute atomic E-state index is 12.6. The first-order chi connectivity index (χ1) is 11.5. The molecule has 0 unspecified atom stereocenters. The van der Waals surface area contributed by atoms with Gasteiger partial charge in [-0.05, 0) is 36.8 Å². The Morgan fingerprint density at radius 3 is 2.58 bits per heavy atom. The smallest absolute Gasteiger partial charge is 0.311 e. The number of hydrogen-bond acceptors (Lipinski definition) is 5. The predicted molar refractivity (Wildman–Crippen MR) is 89.8 cm³/mol. The Balaban J connectivity index is 1.97. The molecule has 1 N–H and O–H groups in total. The molecule has 0 bridgehead atoms. The van der Waals surface area contributed by atoms with Crippen molar-refractivity contribution in [1.29, 1.82) is 0 Å². The maximum Gasteiger partial charge on any atom is 0.311 e. The van der Waals surface area contributed by atoms with E-state index in [-0.39, 0.29) is 5.91 Å². The summed E-state index contributed by atoms with van der Waals surface area (Å²) in [5, 5.41) is 25.9. The van der Waals surface area contributed by atoms with Gasteiger partial charge in [-0.2, -0.15) is 10.1 Å². The number of benzene rings is 2. The van der Waals surface area contributed by atoms with Crippen molar-refractivity contribution in [3.8, 4) is 5.75 Å². The summed E-state index contributed by atoms with van der Waals surface area (Å²) in [6.45, 7) is 1.70. The van der Waals surface area contributed by atoms with Crippen molar-refractivity contribution in [2.45, 2.75) is 6.92 Å². The van der Waals surface area contributed by atoms with Gasteiger partial charge in [-0.25, -0.2) is 0 Å². The Hall–Kier alpha value is -3.48. The molecule has 0 saturated heterocycles. The molecule has 7 nitrogen and oxygen atoms in total. The van der Waals surface area contributed by atoms with Crippen LogP contribution in [0.5, 0.6) is 5.75 Å². The van der Waals surface area contributed by atoms with Crippen LogP contribution >= 0.6 is 0 Å². The third-order valence-corrected chi connectivity index (χ3v) is 3.57. The molecular weight excluding hydrogens is 310 g/mol. The van der Waals surface area contributed by atoms with Gasteiger partial charge in [-0.3, -0.25) is 14.9 Å². The summed E-state index contributed by atoms with van der Waals surface area (Å²) in [5.41, 5.74) is 1.52. The molecule has 0 radical (unpaired) electrons. The lowest BCUT2D eigenvalue weighted by atomic mass is 10.1. The second-order valence-corrected chi connectivity index (χ2v) is 5.20. The fraction of sp³-hybridized carbons (Fsp3) is 0.0588. The minimum Gasteiger partial charge on any atom is -0.502 e. The molecule has 7 heteroatoms. The zero-order chi connectivity index (χ0) is 17.3. The van der Waals surface area contributed by atoms with Crippen molar-refractivity contribution in [3.63, 3.8) is 0 Å². The molecule has 1 amide bonds. The molecule has 0 fully saturated rings. The number of nitro benzene ring substituents is 1. The number of nitrogens with zero attached hydrogens (tertiary/aromatic N) is 3. The molecule has 2 aromatic carbocycles. The third-order valence-electron chi connectivity index (χ3n) is 3.57. The van der Waals surface area contributed by atoms with Crippen LogP contribution < -0.4 is 5.01 Å². The predicted octanol–water partition coefficient (Wildman–Crippen LogP) is 3.11. The van der Waals surface area contributed by atoms with Crippen LogP contribution in [-0.4, -0.2) is 21.6 Å². The van der Waals surface area contributed by atoms with Crippen molar-refractivity contribution in [2.24, 2.45) is 5.10 Å². The van der Waals surface area contributed by atoms with E-state index < -0.39 is 16.4 Å². The summed E-state index contributed by atoms with van der Waals surface area (Å²) in [6, 6.07) is 12.9. The number of amides is 1. The van der Waals surface area contributed by atoms with Crippen LogP contribution in [0.4, 0.5) is 11.4 Å².